The molecule has 4 nitrogen and oxygen atoms in total. The number of azide groups is 1. The zero-order valence-corrected chi connectivity index (χ0v) is 7.39. The van der Waals surface area contributed by atoms with Crippen molar-refractivity contribution < 1.29 is 4.39 Å². The molecule has 0 atom stereocenters. The highest BCUT2D eigenvalue weighted by molar-refractivity contribution is 5.64. The summed E-state index contributed by atoms with van der Waals surface area (Å²) >= 11 is 0. The van der Waals surface area contributed by atoms with Crippen LogP contribution >= 0.6 is 0 Å². The molecule has 0 aliphatic carbocycles. The minimum atomic E-state index is -0.366. The van der Waals surface area contributed by atoms with Crippen LogP contribution in [0.1, 0.15) is 5.56 Å². The van der Waals surface area contributed by atoms with Gasteiger partial charge in [0.05, 0.1) is 0 Å². The summed E-state index contributed by atoms with van der Waals surface area (Å²) in [4.78, 5) is 2.59. The van der Waals surface area contributed by atoms with Gasteiger partial charge in [0.15, 0.2) is 0 Å². The first-order valence-electron chi connectivity index (χ1n) is 3.96. The molecule has 14 heavy (non-hydrogen) atoms. The highest BCUT2D eigenvalue weighted by Crippen LogP contribution is 2.14. The lowest BCUT2D eigenvalue weighted by Crippen LogP contribution is -1.90. The maximum absolute atomic E-state index is 12.6. The van der Waals surface area contributed by atoms with Crippen LogP contribution in [0, 0.1) is 5.82 Å². The SMILES string of the molecule is [N-]=[N+]=NCC=Cc1ccc(F)cc1N. The van der Waals surface area contributed by atoms with E-state index in [9.17, 15) is 4.39 Å². The van der Waals surface area contributed by atoms with Gasteiger partial charge in [-0.05, 0) is 23.2 Å². The summed E-state index contributed by atoms with van der Waals surface area (Å²) in [6, 6.07) is 4.13. The van der Waals surface area contributed by atoms with Crippen molar-refractivity contribution in [2.45, 2.75) is 0 Å². The maximum Gasteiger partial charge on any atom is 0.125 e. The highest BCUT2D eigenvalue weighted by atomic mass is 19.1. The Morgan fingerprint density at radius 2 is 2.36 bits per heavy atom. The van der Waals surface area contributed by atoms with Gasteiger partial charge in [0.2, 0.25) is 0 Å². The van der Waals surface area contributed by atoms with Gasteiger partial charge in [-0.1, -0.05) is 23.3 Å². The number of benzene rings is 1. The average Bonchev–Trinajstić information content (AvgIpc) is 2.15. The molecule has 0 saturated heterocycles. The Morgan fingerprint density at radius 3 is 3.00 bits per heavy atom. The van der Waals surface area contributed by atoms with E-state index < -0.39 is 0 Å². The molecule has 0 radical (unpaired) electrons. The molecule has 0 aliphatic rings. The fourth-order valence-electron chi connectivity index (χ4n) is 0.961. The summed E-state index contributed by atoms with van der Waals surface area (Å²) in [6.45, 7) is 0.257. The van der Waals surface area contributed by atoms with E-state index in [2.05, 4.69) is 10.0 Å². The molecule has 0 amide bonds. The summed E-state index contributed by atoms with van der Waals surface area (Å²) in [6.07, 6.45) is 3.34. The molecule has 5 heteroatoms. The predicted molar refractivity (Wildman–Crippen MR) is 53.9 cm³/mol. The lowest BCUT2D eigenvalue weighted by molar-refractivity contribution is 0.628. The van der Waals surface area contributed by atoms with Crippen molar-refractivity contribution in [1.29, 1.82) is 0 Å². The highest BCUT2D eigenvalue weighted by Gasteiger charge is 1.95. The van der Waals surface area contributed by atoms with Gasteiger partial charge in [-0.2, -0.15) is 0 Å². The molecule has 0 aromatic heterocycles. The van der Waals surface area contributed by atoms with Crippen LogP contribution in [-0.2, 0) is 0 Å². The van der Waals surface area contributed by atoms with Crippen molar-refractivity contribution in [2.75, 3.05) is 12.3 Å². The van der Waals surface area contributed by atoms with Crippen LogP contribution in [0.3, 0.4) is 0 Å². The van der Waals surface area contributed by atoms with Gasteiger partial charge in [-0.15, -0.1) is 0 Å². The Morgan fingerprint density at radius 1 is 1.57 bits per heavy atom. The summed E-state index contributed by atoms with van der Waals surface area (Å²) < 4.78 is 12.6. The Balaban J connectivity index is 2.76. The molecule has 0 saturated carbocycles. The average molecular weight is 192 g/mol. The fraction of sp³-hybridized carbons (Fsp3) is 0.111. The first-order valence-corrected chi connectivity index (χ1v) is 3.96. The van der Waals surface area contributed by atoms with Crippen molar-refractivity contribution >= 4 is 11.8 Å². The summed E-state index contributed by atoms with van der Waals surface area (Å²) in [5.41, 5.74) is 14.6. The number of rotatable bonds is 3. The van der Waals surface area contributed by atoms with E-state index in [4.69, 9.17) is 11.3 Å². The summed E-state index contributed by atoms with van der Waals surface area (Å²) in [7, 11) is 0. The number of anilines is 1. The molecule has 1 aromatic carbocycles. The lowest BCUT2D eigenvalue weighted by atomic mass is 10.1. The van der Waals surface area contributed by atoms with Crippen LogP contribution < -0.4 is 5.73 Å². The molecule has 0 bridgehead atoms. The predicted octanol–water partition coefficient (Wildman–Crippen LogP) is 2.73. The molecule has 0 unspecified atom stereocenters. The Labute approximate surface area is 80.5 Å². The Bertz CT molecular complexity index is 394. The number of nitrogens with two attached hydrogens (primary N) is 1. The van der Waals surface area contributed by atoms with Crippen molar-refractivity contribution in [3.05, 3.63) is 46.1 Å². The number of nitrogen functional groups attached to an aromatic ring is 1. The number of hydrogen-bond acceptors (Lipinski definition) is 2. The van der Waals surface area contributed by atoms with Gasteiger partial charge in [0.25, 0.3) is 0 Å². The quantitative estimate of drug-likeness (QED) is 0.340. The smallest absolute Gasteiger partial charge is 0.125 e. The van der Waals surface area contributed by atoms with Gasteiger partial charge in [0, 0.05) is 17.1 Å². The maximum atomic E-state index is 12.6. The second-order valence-corrected chi connectivity index (χ2v) is 2.59. The zero-order valence-electron chi connectivity index (χ0n) is 7.39. The lowest BCUT2D eigenvalue weighted by Gasteiger charge is -1.98. The largest absolute Gasteiger partial charge is 0.398 e. The molecular formula is C9H9FN4. The molecule has 0 spiro atoms. The third-order valence-electron chi connectivity index (χ3n) is 1.60. The standard InChI is InChI=1S/C9H9FN4/c10-8-4-3-7(9(11)6-8)2-1-5-13-14-12/h1-4,6H,5,11H2. The molecule has 0 aliphatic heterocycles. The van der Waals surface area contributed by atoms with Gasteiger partial charge < -0.3 is 5.73 Å². The third-order valence-corrected chi connectivity index (χ3v) is 1.60. The molecule has 1 aromatic rings. The van der Waals surface area contributed by atoms with Crippen LogP contribution in [-0.4, -0.2) is 6.54 Å². The van der Waals surface area contributed by atoms with E-state index >= 15 is 0 Å². The van der Waals surface area contributed by atoms with Crippen LogP contribution in [0.5, 0.6) is 0 Å². The fourth-order valence-corrected chi connectivity index (χ4v) is 0.961. The first kappa shape index (κ1) is 10.1. The normalized spacial score (nSPS) is 10.1. The topological polar surface area (TPSA) is 74.8 Å². The van der Waals surface area contributed by atoms with E-state index in [1.54, 1.807) is 18.2 Å². The van der Waals surface area contributed by atoms with Crippen LogP contribution in [0.15, 0.2) is 29.4 Å². The van der Waals surface area contributed by atoms with Crippen LogP contribution in [0.25, 0.3) is 16.5 Å². The van der Waals surface area contributed by atoms with Gasteiger partial charge >= 0.3 is 0 Å². The van der Waals surface area contributed by atoms with Crippen LogP contribution in [0.2, 0.25) is 0 Å². The second kappa shape index (κ2) is 4.89. The van der Waals surface area contributed by atoms with Crippen LogP contribution in [0.4, 0.5) is 10.1 Å². The number of nitrogens with zero attached hydrogens (tertiary/aromatic N) is 3. The number of halogens is 1. The van der Waals surface area contributed by atoms with Gasteiger partial charge in [-0.25, -0.2) is 4.39 Å². The van der Waals surface area contributed by atoms with E-state index in [-0.39, 0.29) is 12.4 Å². The van der Waals surface area contributed by atoms with Gasteiger partial charge in [-0.3, -0.25) is 0 Å². The molecule has 0 fully saturated rings. The van der Waals surface area contributed by atoms with Crippen molar-refractivity contribution in [3.63, 3.8) is 0 Å². The van der Waals surface area contributed by atoms with E-state index in [1.165, 1.54) is 12.1 Å². The molecular weight excluding hydrogens is 183 g/mol. The van der Waals surface area contributed by atoms with E-state index in [1.807, 2.05) is 0 Å². The minimum Gasteiger partial charge on any atom is -0.398 e. The summed E-state index contributed by atoms with van der Waals surface area (Å²) in [5, 5.41) is 3.31. The minimum absolute atomic E-state index is 0.257. The van der Waals surface area contributed by atoms with E-state index in [0.29, 0.717) is 11.3 Å². The second-order valence-electron chi connectivity index (χ2n) is 2.59. The number of hydrogen-bond donors (Lipinski definition) is 1. The zero-order chi connectivity index (χ0) is 10.4. The van der Waals surface area contributed by atoms with Crippen molar-refractivity contribution in [3.8, 4) is 0 Å². The molecule has 1 rings (SSSR count). The van der Waals surface area contributed by atoms with Crippen molar-refractivity contribution in [2.24, 2.45) is 5.11 Å². The molecule has 2 N–H and O–H groups in total. The monoisotopic (exact) mass is 192 g/mol. The first-order chi connectivity index (χ1) is 6.74. The van der Waals surface area contributed by atoms with Gasteiger partial charge in [0.1, 0.15) is 5.82 Å². The molecule has 72 valence electrons. The summed E-state index contributed by atoms with van der Waals surface area (Å²) in [5.74, 6) is -0.366. The Kier molecular flexibility index (Phi) is 3.52. The Hall–Kier alpha value is -2.00. The third kappa shape index (κ3) is 2.80. The van der Waals surface area contributed by atoms with Crippen molar-refractivity contribution in [1.82, 2.24) is 0 Å². The van der Waals surface area contributed by atoms with E-state index in [0.717, 1.165) is 0 Å². The molecule has 0 heterocycles.